The lowest BCUT2D eigenvalue weighted by Crippen LogP contribution is -2.36. The lowest BCUT2D eigenvalue weighted by Gasteiger charge is -2.27. The standard InChI is InChI=1S/C16H25N3O/c1-4-12-7-17-16(18-8-12)19-9-13-5-6-14(19)15(13)20-10-11(2)3/h7-8,11,13-15H,4-6,9-10H2,1-3H3. The molecule has 1 aromatic heterocycles. The minimum atomic E-state index is 0.381. The van der Waals surface area contributed by atoms with Crippen LogP contribution in [0.3, 0.4) is 0 Å². The number of fused-ring (bicyclic) bond motifs is 2. The van der Waals surface area contributed by atoms with E-state index in [0.717, 1.165) is 25.5 Å². The number of piperidine rings is 1. The topological polar surface area (TPSA) is 38.2 Å². The van der Waals surface area contributed by atoms with Crippen molar-refractivity contribution >= 4 is 5.95 Å². The quantitative estimate of drug-likeness (QED) is 0.828. The van der Waals surface area contributed by atoms with Crippen LogP contribution in [0.15, 0.2) is 12.4 Å². The molecule has 4 nitrogen and oxygen atoms in total. The molecular formula is C16H25N3O. The zero-order chi connectivity index (χ0) is 14.1. The molecular weight excluding hydrogens is 250 g/mol. The van der Waals surface area contributed by atoms with Gasteiger partial charge in [0.25, 0.3) is 0 Å². The monoisotopic (exact) mass is 275 g/mol. The molecule has 1 aliphatic carbocycles. The molecule has 0 N–H and O–H groups in total. The number of ether oxygens (including phenoxy) is 1. The molecule has 2 heterocycles. The fraction of sp³-hybridized carbons (Fsp3) is 0.750. The first-order valence-corrected chi connectivity index (χ1v) is 7.88. The number of anilines is 1. The van der Waals surface area contributed by atoms with Gasteiger partial charge in [0, 0.05) is 31.5 Å². The predicted molar refractivity (Wildman–Crippen MR) is 79.8 cm³/mol. The molecule has 1 saturated carbocycles. The van der Waals surface area contributed by atoms with Gasteiger partial charge in [-0.2, -0.15) is 0 Å². The Kier molecular flexibility index (Phi) is 3.92. The van der Waals surface area contributed by atoms with Gasteiger partial charge in [-0.3, -0.25) is 0 Å². The summed E-state index contributed by atoms with van der Waals surface area (Å²) in [5.41, 5.74) is 1.20. The number of rotatable bonds is 5. The minimum absolute atomic E-state index is 0.381. The molecule has 20 heavy (non-hydrogen) atoms. The van der Waals surface area contributed by atoms with Crippen LogP contribution in [0.5, 0.6) is 0 Å². The van der Waals surface area contributed by atoms with E-state index >= 15 is 0 Å². The zero-order valence-corrected chi connectivity index (χ0v) is 12.7. The third kappa shape index (κ3) is 2.53. The SMILES string of the molecule is CCc1cnc(N2CC3CCC2C3OCC(C)C)nc1. The fourth-order valence-electron chi connectivity index (χ4n) is 3.40. The van der Waals surface area contributed by atoms with Gasteiger partial charge in [-0.05, 0) is 30.7 Å². The highest BCUT2D eigenvalue weighted by Gasteiger charge is 2.48. The first-order valence-electron chi connectivity index (χ1n) is 7.88. The van der Waals surface area contributed by atoms with Crippen LogP contribution < -0.4 is 4.90 Å². The van der Waals surface area contributed by atoms with Gasteiger partial charge < -0.3 is 9.64 Å². The summed E-state index contributed by atoms with van der Waals surface area (Å²) in [5, 5.41) is 0. The summed E-state index contributed by atoms with van der Waals surface area (Å²) in [7, 11) is 0. The largest absolute Gasteiger partial charge is 0.375 e. The van der Waals surface area contributed by atoms with E-state index in [2.05, 4.69) is 35.6 Å². The first-order chi connectivity index (χ1) is 9.69. The van der Waals surface area contributed by atoms with Crippen molar-refractivity contribution in [1.82, 2.24) is 9.97 Å². The second-order valence-electron chi connectivity index (χ2n) is 6.49. The highest BCUT2D eigenvalue weighted by molar-refractivity contribution is 5.37. The van der Waals surface area contributed by atoms with Crippen molar-refractivity contribution in [2.75, 3.05) is 18.1 Å². The molecule has 2 bridgehead atoms. The molecule has 1 saturated heterocycles. The summed E-state index contributed by atoms with van der Waals surface area (Å²) >= 11 is 0. The van der Waals surface area contributed by atoms with E-state index in [1.807, 2.05) is 12.4 Å². The number of aromatic nitrogens is 2. The van der Waals surface area contributed by atoms with E-state index in [9.17, 15) is 0 Å². The Hall–Kier alpha value is -1.16. The summed E-state index contributed by atoms with van der Waals surface area (Å²) in [6.45, 7) is 8.47. The van der Waals surface area contributed by atoms with Crippen LogP contribution in [0, 0.1) is 11.8 Å². The molecule has 0 radical (unpaired) electrons. The predicted octanol–water partition coefficient (Wildman–Crippen LogP) is 2.68. The van der Waals surface area contributed by atoms with Gasteiger partial charge in [0.2, 0.25) is 5.95 Å². The molecule has 1 aliphatic heterocycles. The molecule has 110 valence electrons. The maximum absolute atomic E-state index is 6.15. The van der Waals surface area contributed by atoms with E-state index in [1.165, 1.54) is 18.4 Å². The van der Waals surface area contributed by atoms with Gasteiger partial charge in [0.05, 0.1) is 12.1 Å². The fourth-order valence-corrected chi connectivity index (χ4v) is 3.40. The molecule has 1 aromatic rings. The molecule has 3 atom stereocenters. The van der Waals surface area contributed by atoms with E-state index in [1.54, 1.807) is 0 Å². The van der Waals surface area contributed by atoms with E-state index in [4.69, 9.17) is 4.74 Å². The molecule has 2 aliphatic rings. The normalized spacial score (nSPS) is 28.6. The highest BCUT2D eigenvalue weighted by Crippen LogP contribution is 2.41. The number of aryl methyl sites for hydroxylation is 1. The van der Waals surface area contributed by atoms with Gasteiger partial charge in [0.1, 0.15) is 0 Å². The van der Waals surface area contributed by atoms with Crippen LogP contribution >= 0.6 is 0 Å². The Bertz CT molecular complexity index is 446. The van der Waals surface area contributed by atoms with Crippen molar-refractivity contribution in [2.24, 2.45) is 11.8 Å². The summed E-state index contributed by atoms with van der Waals surface area (Å²) in [6, 6.07) is 0.478. The van der Waals surface area contributed by atoms with Crippen LogP contribution in [-0.4, -0.2) is 35.3 Å². The summed E-state index contributed by atoms with van der Waals surface area (Å²) in [4.78, 5) is 11.4. The maximum atomic E-state index is 6.15. The van der Waals surface area contributed by atoms with Gasteiger partial charge in [-0.1, -0.05) is 20.8 Å². The van der Waals surface area contributed by atoms with E-state index in [0.29, 0.717) is 24.0 Å². The number of hydrogen-bond donors (Lipinski definition) is 0. The summed E-state index contributed by atoms with van der Waals surface area (Å²) < 4.78 is 6.15. The first kappa shape index (κ1) is 13.8. The number of hydrogen-bond acceptors (Lipinski definition) is 4. The lowest BCUT2D eigenvalue weighted by atomic mass is 10.1. The smallest absolute Gasteiger partial charge is 0.225 e. The second kappa shape index (κ2) is 5.68. The lowest BCUT2D eigenvalue weighted by molar-refractivity contribution is 0.0230. The van der Waals surface area contributed by atoms with Crippen LogP contribution in [-0.2, 0) is 11.2 Å². The van der Waals surface area contributed by atoms with Crippen molar-refractivity contribution in [3.05, 3.63) is 18.0 Å². The third-order valence-corrected chi connectivity index (χ3v) is 4.49. The van der Waals surface area contributed by atoms with E-state index in [-0.39, 0.29) is 0 Å². The van der Waals surface area contributed by atoms with E-state index < -0.39 is 0 Å². The Balaban J connectivity index is 1.70. The van der Waals surface area contributed by atoms with Crippen LogP contribution in [0.1, 0.15) is 39.2 Å². The number of nitrogens with zero attached hydrogens (tertiary/aromatic N) is 3. The zero-order valence-electron chi connectivity index (χ0n) is 12.7. The van der Waals surface area contributed by atoms with Crippen molar-refractivity contribution in [2.45, 2.75) is 52.2 Å². The average Bonchev–Trinajstić information content (AvgIpc) is 3.02. The van der Waals surface area contributed by atoms with Crippen LogP contribution in [0.4, 0.5) is 5.95 Å². The van der Waals surface area contributed by atoms with Crippen molar-refractivity contribution in [3.8, 4) is 0 Å². The Labute approximate surface area is 121 Å². The second-order valence-corrected chi connectivity index (χ2v) is 6.49. The molecule has 3 unspecified atom stereocenters. The van der Waals surface area contributed by atoms with Crippen molar-refractivity contribution in [3.63, 3.8) is 0 Å². The molecule has 0 amide bonds. The van der Waals surface area contributed by atoms with Crippen LogP contribution in [0.25, 0.3) is 0 Å². The van der Waals surface area contributed by atoms with Crippen LogP contribution in [0.2, 0.25) is 0 Å². The van der Waals surface area contributed by atoms with Crippen molar-refractivity contribution in [1.29, 1.82) is 0 Å². The van der Waals surface area contributed by atoms with Gasteiger partial charge in [-0.25, -0.2) is 9.97 Å². The Morgan fingerprint density at radius 2 is 2.05 bits per heavy atom. The molecule has 4 heteroatoms. The average molecular weight is 275 g/mol. The summed E-state index contributed by atoms with van der Waals surface area (Å²) in [5.74, 6) is 2.14. The maximum Gasteiger partial charge on any atom is 0.225 e. The molecule has 2 fully saturated rings. The highest BCUT2D eigenvalue weighted by atomic mass is 16.5. The minimum Gasteiger partial charge on any atom is -0.375 e. The van der Waals surface area contributed by atoms with Crippen molar-refractivity contribution < 1.29 is 4.74 Å². The third-order valence-electron chi connectivity index (χ3n) is 4.49. The van der Waals surface area contributed by atoms with Gasteiger partial charge >= 0.3 is 0 Å². The molecule has 3 rings (SSSR count). The Morgan fingerprint density at radius 1 is 1.30 bits per heavy atom. The van der Waals surface area contributed by atoms with Gasteiger partial charge in [-0.15, -0.1) is 0 Å². The Morgan fingerprint density at radius 3 is 2.70 bits per heavy atom. The molecule has 0 spiro atoms. The summed E-state index contributed by atoms with van der Waals surface area (Å²) in [6.07, 6.45) is 7.79. The van der Waals surface area contributed by atoms with Gasteiger partial charge in [0.15, 0.2) is 0 Å². The molecule has 0 aromatic carbocycles.